The zero-order valence-electron chi connectivity index (χ0n) is 15.4. The number of nitrogens with one attached hydrogen (secondary N) is 2. The van der Waals surface area contributed by atoms with Crippen molar-refractivity contribution >= 4 is 16.8 Å². The second kappa shape index (κ2) is 7.23. The van der Waals surface area contributed by atoms with Gasteiger partial charge >= 0.3 is 0 Å². The molecule has 1 aromatic heterocycles. The Morgan fingerprint density at radius 1 is 1.15 bits per heavy atom. The Labute approximate surface area is 157 Å². The quantitative estimate of drug-likeness (QED) is 0.728. The molecular weight excluding hydrogens is 344 g/mol. The lowest BCUT2D eigenvalue weighted by atomic mass is 9.96. The Morgan fingerprint density at radius 2 is 1.93 bits per heavy atom. The van der Waals surface area contributed by atoms with Crippen LogP contribution in [0.2, 0.25) is 0 Å². The lowest BCUT2D eigenvalue weighted by Crippen LogP contribution is -2.37. The second-order valence-corrected chi connectivity index (χ2v) is 6.65. The fourth-order valence-corrected chi connectivity index (χ4v) is 3.39. The first-order valence-corrected chi connectivity index (χ1v) is 8.89. The Kier molecular flexibility index (Phi) is 4.62. The summed E-state index contributed by atoms with van der Waals surface area (Å²) in [7, 11) is 3.28. The summed E-state index contributed by atoms with van der Waals surface area (Å²) in [5.74, 6) is 2.18. The first-order chi connectivity index (χ1) is 13.2. The average molecular weight is 366 g/mol. The summed E-state index contributed by atoms with van der Waals surface area (Å²) in [6.45, 7) is 0.826. The van der Waals surface area contributed by atoms with Gasteiger partial charge in [0.1, 0.15) is 23.9 Å². The molecule has 1 amide bonds. The van der Waals surface area contributed by atoms with E-state index in [1.54, 1.807) is 14.2 Å². The molecule has 0 fully saturated rings. The van der Waals surface area contributed by atoms with Crippen molar-refractivity contribution in [1.82, 2.24) is 10.3 Å². The highest BCUT2D eigenvalue weighted by molar-refractivity contribution is 5.83. The van der Waals surface area contributed by atoms with Crippen molar-refractivity contribution in [3.05, 3.63) is 53.7 Å². The van der Waals surface area contributed by atoms with Gasteiger partial charge in [-0.05, 0) is 54.4 Å². The van der Waals surface area contributed by atoms with Gasteiger partial charge in [0.2, 0.25) is 5.91 Å². The average Bonchev–Trinajstić information content (AvgIpc) is 3.13. The molecule has 0 aliphatic carbocycles. The maximum absolute atomic E-state index is 12.6. The van der Waals surface area contributed by atoms with E-state index in [9.17, 15) is 4.79 Å². The number of hydrogen-bond acceptors (Lipinski definition) is 4. The number of aromatic amines is 1. The van der Waals surface area contributed by atoms with Crippen LogP contribution in [0.5, 0.6) is 17.2 Å². The van der Waals surface area contributed by atoms with Gasteiger partial charge in [0, 0.05) is 16.6 Å². The van der Waals surface area contributed by atoms with Gasteiger partial charge in [-0.2, -0.15) is 0 Å². The Morgan fingerprint density at radius 3 is 2.74 bits per heavy atom. The standard InChI is InChI=1S/C21H22N2O4/c1-25-17-3-5-19-13(9-17)8-16(23-19)11-22-21(24)15-7-14-10-18(26-2)4-6-20(14)27-12-15/h3-6,8-10,15,23H,7,11-12H2,1-2H3,(H,22,24). The Balaban J connectivity index is 1.41. The van der Waals surface area contributed by atoms with E-state index in [0.29, 0.717) is 19.6 Å². The molecule has 2 aromatic carbocycles. The molecule has 140 valence electrons. The molecule has 6 heteroatoms. The highest BCUT2D eigenvalue weighted by Crippen LogP contribution is 2.30. The summed E-state index contributed by atoms with van der Waals surface area (Å²) in [5.41, 5.74) is 2.96. The minimum absolute atomic E-state index is 0.0142. The van der Waals surface area contributed by atoms with Crippen LogP contribution in [0.4, 0.5) is 0 Å². The van der Waals surface area contributed by atoms with Crippen LogP contribution < -0.4 is 19.5 Å². The number of benzene rings is 2. The summed E-state index contributed by atoms with van der Waals surface area (Å²) < 4.78 is 16.2. The third-order valence-electron chi connectivity index (χ3n) is 4.88. The normalized spacial score (nSPS) is 15.7. The zero-order valence-corrected chi connectivity index (χ0v) is 15.4. The first-order valence-electron chi connectivity index (χ1n) is 8.89. The van der Waals surface area contributed by atoms with Crippen LogP contribution in [0, 0.1) is 5.92 Å². The molecule has 1 atom stereocenters. The van der Waals surface area contributed by atoms with Crippen LogP contribution in [0.1, 0.15) is 11.3 Å². The number of ether oxygens (including phenoxy) is 3. The van der Waals surface area contributed by atoms with Crippen LogP contribution in [-0.4, -0.2) is 31.7 Å². The maximum atomic E-state index is 12.6. The van der Waals surface area contributed by atoms with Gasteiger partial charge in [0.05, 0.1) is 26.7 Å². The molecular formula is C21H22N2O4. The number of fused-ring (bicyclic) bond motifs is 2. The van der Waals surface area contributed by atoms with Crippen molar-refractivity contribution in [1.29, 1.82) is 0 Å². The summed E-state index contributed by atoms with van der Waals surface area (Å²) in [6.07, 6.45) is 0.641. The number of carbonyl (C=O) groups is 1. The van der Waals surface area contributed by atoms with Crippen LogP contribution in [0.15, 0.2) is 42.5 Å². The molecule has 2 N–H and O–H groups in total. The molecule has 1 aliphatic rings. The molecule has 27 heavy (non-hydrogen) atoms. The molecule has 0 saturated heterocycles. The van der Waals surface area contributed by atoms with E-state index >= 15 is 0 Å². The number of hydrogen-bond donors (Lipinski definition) is 2. The van der Waals surface area contributed by atoms with Gasteiger partial charge in [0.15, 0.2) is 0 Å². The highest BCUT2D eigenvalue weighted by Gasteiger charge is 2.26. The summed E-state index contributed by atoms with van der Waals surface area (Å²) >= 11 is 0. The molecule has 1 aliphatic heterocycles. The summed E-state index contributed by atoms with van der Waals surface area (Å²) in [6, 6.07) is 13.6. The minimum Gasteiger partial charge on any atom is -0.497 e. The molecule has 0 radical (unpaired) electrons. The van der Waals surface area contributed by atoms with Crippen LogP contribution in [0.25, 0.3) is 10.9 Å². The van der Waals surface area contributed by atoms with Crippen LogP contribution in [0.3, 0.4) is 0 Å². The molecule has 0 saturated carbocycles. The van der Waals surface area contributed by atoms with Gasteiger partial charge in [-0.25, -0.2) is 0 Å². The highest BCUT2D eigenvalue weighted by atomic mass is 16.5. The molecule has 6 nitrogen and oxygen atoms in total. The van der Waals surface area contributed by atoms with Gasteiger partial charge < -0.3 is 24.5 Å². The van der Waals surface area contributed by atoms with E-state index in [1.165, 1.54) is 0 Å². The number of rotatable bonds is 5. The van der Waals surface area contributed by atoms with Gasteiger partial charge in [-0.15, -0.1) is 0 Å². The Bertz CT molecular complexity index is 979. The molecule has 4 rings (SSSR count). The fraction of sp³-hybridized carbons (Fsp3) is 0.286. The van der Waals surface area contributed by atoms with Crippen LogP contribution >= 0.6 is 0 Å². The van der Waals surface area contributed by atoms with Crippen molar-refractivity contribution < 1.29 is 19.0 Å². The van der Waals surface area contributed by atoms with Gasteiger partial charge in [-0.1, -0.05) is 0 Å². The number of carbonyl (C=O) groups excluding carboxylic acids is 1. The molecule has 1 unspecified atom stereocenters. The minimum atomic E-state index is -0.214. The predicted octanol–water partition coefficient (Wildman–Crippen LogP) is 3.05. The molecule has 2 heterocycles. The largest absolute Gasteiger partial charge is 0.497 e. The zero-order chi connectivity index (χ0) is 18.8. The maximum Gasteiger partial charge on any atom is 0.227 e. The third-order valence-corrected chi connectivity index (χ3v) is 4.88. The molecule has 0 bridgehead atoms. The number of H-pyrrole nitrogens is 1. The van der Waals surface area contributed by atoms with E-state index in [-0.39, 0.29) is 11.8 Å². The summed E-state index contributed by atoms with van der Waals surface area (Å²) in [4.78, 5) is 15.9. The third kappa shape index (κ3) is 3.56. The topological polar surface area (TPSA) is 72.6 Å². The van der Waals surface area contributed by atoms with E-state index in [2.05, 4.69) is 10.3 Å². The predicted molar refractivity (Wildman–Crippen MR) is 102 cm³/mol. The number of amides is 1. The van der Waals surface area contributed by atoms with Crippen molar-refractivity contribution in [2.24, 2.45) is 5.92 Å². The smallest absolute Gasteiger partial charge is 0.227 e. The molecule has 0 spiro atoms. The van der Waals surface area contributed by atoms with Crippen molar-refractivity contribution in [2.45, 2.75) is 13.0 Å². The van der Waals surface area contributed by atoms with Crippen molar-refractivity contribution in [2.75, 3.05) is 20.8 Å². The summed E-state index contributed by atoms with van der Waals surface area (Å²) in [5, 5.41) is 4.06. The van der Waals surface area contributed by atoms with Gasteiger partial charge in [0.25, 0.3) is 0 Å². The second-order valence-electron chi connectivity index (χ2n) is 6.65. The molecule has 3 aromatic rings. The van der Waals surface area contributed by atoms with Crippen LogP contribution in [-0.2, 0) is 17.8 Å². The van der Waals surface area contributed by atoms with E-state index < -0.39 is 0 Å². The first kappa shape index (κ1) is 17.3. The van der Waals surface area contributed by atoms with E-state index in [1.807, 2.05) is 42.5 Å². The number of aromatic nitrogens is 1. The fourth-order valence-electron chi connectivity index (χ4n) is 3.39. The van der Waals surface area contributed by atoms with Crippen molar-refractivity contribution in [3.8, 4) is 17.2 Å². The van der Waals surface area contributed by atoms with Crippen molar-refractivity contribution in [3.63, 3.8) is 0 Å². The van der Waals surface area contributed by atoms with Gasteiger partial charge in [-0.3, -0.25) is 4.79 Å². The lowest BCUT2D eigenvalue weighted by Gasteiger charge is -2.25. The lowest BCUT2D eigenvalue weighted by molar-refractivity contribution is -0.126. The number of methoxy groups -OCH3 is 2. The van der Waals surface area contributed by atoms with E-state index in [4.69, 9.17) is 14.2 Å². The monoisotopic (exact) mass is 366 g/mol. The van der Waals surface area contributed by atoms with E-state index in [0.717, 1.165) is 39.4 Å². The Hall–Kier alpha value is -3.15. The SMILES string of the molecule is COc1ccc2c(c1)CC(C(=O)NCc1cc3cc(OC)ccc3[nH]1)CO2.